The van der Waals surface area contributed by atoms with Crippen molar-refractivity contribution < 1.29 is 58.6 Å². The van der Waals surface area contributed by atoms with Gasteiger partial charge in [0.1, 0.15) is 16.3 Å². The number of carbonyl (C=O) groups is 4. The molecule has 1 aromatic carbocycles. The second kappa shape index (κ2) is 10.1. The van der Waals surface area contributed by atoms with Gasteiger partial charge in [0.15, 0.2) is 5.05 Å². The van der Waals surface area contributed by atoms with Gasteiger partial charge in [-0.3, -0.25) is 19.3 Å². The van der Waals surface area contributed by atoms with Crippen LogP contribution >= 0.6 is 36.2 Å². The summed E-state index contributed by atoms with van der Waals surface area (Å²) in [6, 6.07) is 7.63. The number of hydrogen-bond acceptors (Lipinski definition) is 9. The summed E-state index contributed by atoms with van der Waals surface area (Å²) in [4.78, 5) is 48.7. The maximum atomic E-state index is 12.6. The zero-order valence-electron chi connectivity index (χ0n) is 15.9. The number of rotatable bonds is 5. The summed E-state index contributed by atoms with van der Waals surface area (Å²) in [5.74, 6) is -3.52. The normalized spacial score (nSPS) is 19.6. The molecule has 0 bridgehead atoms. The Morgan fingerprint density at radius 2 is 1.87 bits per heavy atom. The number of ether oxygens (including phenoxy) is 1. The third-order valence-electron chi connectivity index (χ3n) is 4.17. The van der Waals surface area contributed by atoms with Crippen LogP contribution in [-0.2, 0) is 23.9 Å². The molecule has 2 aliphatic rings. The predicted octanol–water partition coefficient (Wildman–Crippen LogP) is -3.30. The van der Waals surface area contributed by atoms with Gasteiger partial charge in [-0.05, 0) is 17.8 Å². The molecule has 0 saturated carbocycles. The first-order valence-corrected chi connectivity index (χ1v) is 10.1. The molecular formula is C18H13N2NaO6S3. The number of β-lactam (4-membered cyclic amide) rings is 1. The number of fused-ring (bicyclic) bond motifs is 1. The number of thioether (sulfide) groups is 1. The van der Waals surface area contributed by atoms with Crippen molar-refractivity contribution in [3.8, 4) is 0 Å². The van der Waals surface area contributed by atoms with E-state index in [9.17, 15) is 24.3 Å². The fourth-order valence-corrected chi connectivity index (χ4v) is 4.80. The molecule has 2 heterocycles. The molecule has 2 amide bonds. The first-order chi connectivity index (χ1) is 13.7. The van der Waals surface area contributed by atoms with Gasteiger partial charge in [-0.2, -0.15) is 0 Å². The summed E-state index contributed by atoms with van der Waals surface area (Å²) in [5, 5.41) is 13.2. The molecule has 2 atom stereocenters. The van der Waals surface area contributed by atoms with E-state index >= 15 is 0 Å². The molecule has 2 aliphatic heterocycles. The van der Waals surface area contributed by atoms with Gasteiger partial charge in [0.05, 0.1) is 11.7 Å². The molecule has 150 valence electrons. The molecule has 1 aromatic rings. The number of hydrogen-bond donors (Lipinski definition) is 1. The number of nitrogens with one attached hydrogen (secondary N) is 1. The summed E-state index contributed by atoms with van der Waals surface area (Å²) in [6.45, 7) is 1.13. The summed E-state index contributed by atoms with van der Waals surface area (Å²) < 4.78 is 4.79. The van der Waals surface area contributed by atoms with Crippen molar-refractivity contribution in [1.82, 2.24) is 10.2 Å². The number of benzene rings is 1. The van der Waals surface area contributed by atoms with Crippen molar-refractivity contribution in [3.05, 3.63) is 47.2 Å². The minimum absolute atomic E-state index is 0. The van der Waals surface area contributed by atoms with E-state index in [1.54, 1.807) is 30.3 Å². The first kappa shape index (κ1) is 24.6. The van der Waals surface area contributed by atoms with E-state index in [-0.39, 0.29) is 50.8 Å². The molecule has 1 N–H and O–H groups in total. The SMILES string of the molecule is CC(=O)OC(=S)C1=C(C(=O)[O-])N2C(=O)C(NC(=O)C(=S)c3ccccc3)[C@@H]2SC1.[Na+]. The molecule has 1 unspecified atom stereocenters. The summed E-state index contributed by atoms with van der Waals surface area (Å²) in [7, 11) is 0. The first-order valence-electron chi connectivity index (χ1n) is 8.24. The largest absolute Gasteiger partial charge is 1.00 e. The Bertz CT molecular complexity index is 981. The van der Waals surface area contributed by atoms with Gasteiger partial charge in [0.2, 0.25) is 0 Å². The minimum atomic E-state index is -1.63. The Hall–Kier alpha value is -1.63. The monoisotopic (exact) mass is 472 g/mol. The molecule has 1 fully saturated rings. The van der Waals surface area contributed by atoms with Crippen LogP contribution in [0.3, 0.4) is 0 Å². The number of thiocarbonyl (C=S) groups is 2. The predicted molar refractivity (Wildman–Crippen MR) is 110 cm³/mol. The zero-order chi connectivity index (χ0) is 21.3. The number of carboxylic acid groups (broad SMARTS) is 1. The van der Waals surface area contributed by atoms with E-state index in [0.717, 1.165) is 11.8 Å². The van der Waals surface area contributed by atoms with E-state index in [4.69, 9.17) is 29.2 Å². The van der Waals surface area contributed by atoms with Crippen molar-refractivity contribution in [2.45, 2.75) is 18.3 Å². The van der Waals surface area contributed by atoms with Crippen molar-refractivity contribution in [1.29, 1.82) is 0 Å². The maximum absolute atomic E-state index is 12.6. The minimum Gasteiger partial charge on any atom is -0.543 e. The smallest absolute Gasteiger partial charge is 0.543 e. The standard InChI is InChI=1S/C18H14N2O6S3.Na/c1-8(21)26-18(28)10-7-29-16-11(15(23)20(16)12(10)17(24)25)19-14(22)13(27)9-5-3-2-4-6-9;/h2-6,11,16H,7H2,1H3,(H,19,22)(H,24,25);/q;+1/p-1/t11?,16-;/m0./s1. The Kier molecular flexibility index (Phi) is 8.31. The second-order valence-corrected chi connectivity index (χ2v) is 7.94. The fraction of sp³-hybridized carbons (Fsp3) is 0.222. The van der Waals surface area contributed by atoms with E-state index in [2.05, 4.69) is 5.32 Å². The van der Waals surface area contributed by atoms with E-state index in [0.29, 0.717) is 5.56 Å². The molecule has 1 saturated heterocycles. The van der Waals surface area contributed by atoms with E-state index in [1.807, 2.05) is 0 Å². The van der Waals surface area contributed by atoms with Gasteiger partial charge < -0.3 is 20.0 Å². The average molecular weight is 473 g/mol. The molecule has 3 rings (SSSR count). The van der Waals surface area contributed by atoms with Gasteiger partial charge in [-0.1, -0.05) is 42.5 Å². The summed E-state index contributed by atoms with van der Waals surface area (Å²) in [6.07, 6.45) is 0. The molecule has 8 nitrogen and oxygen atoms in total. The zero-order valence-corrected chi connectivity index (χ0v) is 20.3. The van der Waals surface area contributed by atoms with Gasteiger partial charge in [0.25, 0.3) is 11.8 Å². The van der Waals surface area contributed by atoms with Crippen molar-refractivity contribution in [2.24, 2.45) is 0 Å². The number of aliphatic carboxylic acids is 1. The van der Waals surface area contributed by atoms with E-state index < -0.39 is 40.9 Å². The van der Waals surface area contributed by atoms with Gasteiger partial charge in [0, 0.05) is 18.2 Å². The number of carbonyl (C=O) groups excluding carboxylic acids is 4. The molecular weight excluding hydrogens is 459 g/mol. The van der Waals surface area contributed by atoms with Gasteiger partial charge >= 0.3 is 35.5 Å². The average Bonchev–Trinajstić information content (AvgIpc) is 2.69. The number of amides is 2. The van der Waals surface area contributed by atoms with Crippen molar-refractivity contribution >= 4 is 69.9 Å². The maximum Gasteiger partial charge on any atom is 1.00 e. The number of carboxylic acids is 1. The van der Waals surface area contributed by atoms with Gasteiger partial charge in [-0.25, -0.2) is 0 Å². The number of esters is 1. The second-order valence-electron chi connectivity index (χ2n) is 6.05. The van der Waals surface area contributed by atoms with Crippen molar-refractivity contribution in [3.63, 3.8) is 0 Å². The van der Waals surface area contributed by atoms with Crippen LogP contribution in [0.15, 0.2) is 41.6 Å². The van der Waals surface area contributed by atoms with Crippen LogP contribution < -0.4 is 40.0 Å². The quantitative estimate of drug-likeness (QED) is 0.155. The Balaban J connectivity index is 0.00000320. The molecule has 0 aliphatic carbocycles. The van der Waals surface area contributed by atoms with Crippen molar-refractivity contribution in [2.75, 3.05) is 5.75 Å². The Morgan fingerprint density at radius 3 is 2.43 bits per heavy atom. The Labute approximate surface area is 208 Å². The van der Waals surface area contributed by atoms with Crippen LogP contribution in [0.2, 0.25) is 0 Å². The number of nitrogens with zero attached hydrogens (tertiary/aromatic N) is 1. The van der Waals surface area contributed by atoms with Crippen LogP contribution in [0, 0.1) is 0 Å². The molecule has 30 heavy (non-hydrogen) atoms. The molecule has 12 heteroatoms. The van der Waals surface area contributed by atoms with E-state index in [1.165, 1.54) is 11.8 Å². The third kappa shape index (κ3) is 4.82. The fourth-order valence-electron chi connectivity index (χ4n) is 2.88. The van der Waals surface area contributed by atoms with Crippen LogP contribution in [-0.4, -0.2) is 55.7 Å². The Morgan fingerprint density at radius 1 is 1.23 bits per heavy atom. The van der Waals surface area contributed by atoms with Gasteiger partial charge in [-0.15, -0.1) is 11.8 Å². The third-order valence-corrected chi connectivity index (χ3v) is 6.20. The van der Waals surface area contributed by atoms with Crippen LogP contribution in [0.25, 0.3) is 0 Å². The van der Waals surface area contributed by atoms with Crippen LogP contribution in [0.5, 0.6) is 0 Å². The molecule has 0 spiro atoms. The molecule has 0 aromatic heterocycles. The molecule has 0 radical (unpaired) electrons. The topological polar surface area (TPSA) is 116 Å². The van der Waals surface area contributed by atoms with Crippen LogP contribution in [0.1, 0.15) is 12.5 Å². The summed E-state index contributed by atoms with van der Waals surface area (Å²) >= 11 is 11.3. The van der Waals surface area contributed by atoms with Crippen LogP contribution in [0.4, 0.5) is 0 Å². The summed E-state index contributed by atoms with van der Waals surface area (Å²) in [5.41, 5.74) is 0.0831.